The standard InChI is InChI=1S/C24H27N3O2/c1-17-5-3-6-20(13-17)22-14-25-26-23(22)21-7-4-12-27(16-21)15-18-8-10-19(11-9-18)24(28)29-2/h3,5-6,8-11,13-14,21H,4,7,12,15-16H2,1-2H3,(H,25,26). The number of nitrogens with one attached hydrogen (secondary N) is 1. The lowest BCUT2D eigenvalue weighted by Crippen LogP contribution is -2.34. The number of methoxy groups -OCH3 is 1. The Kier molecular flexibility index (Phi) is 5.76. The molecule has 1 aliphatic heterocycles. The molecule has 0 aliphatic carbocycles. The Hall–Kier alpha value is -2.92. The number of nitrogens with zero attached hydrogens (tertiary/aromatic N) is 2. The van der Waals surface area contributed by atoms with Crippen LogP contribution in [0.2, 0.25) is 0 Å². The summed E-state index contributed by atoms with van der Waals surface area (Å²) in [5.41, 5.74) is 6.73. The second kappa shape index (κ2) is 8.62. The van der Waals surface area contributed by atoms with Gasteiger partial charge in [0, 0.05) is 30.3 Å². The molecule has 1 unspecified atom stereocenters. The molecule has 0 bridgehead atoms. The third-order valence-corrected chi connectivity index (χ3v) is 5.69. The van der Waals surface area contributed by atoms with Crippen molar-refractivity contribution in [2.75, 3.05) is 20.2 Å². The van der Waals surface area contributed by atoms with E-state index in [1.807, 2.05) is 30.5 Å². The van der Waals surface area contributed by atoms with E-state index in [1.54, 1.807) is 0 Å². The zero-order valence-electron chi connectivity index (χ0n) is 17.0. The van der Waals surface area contributed by atoms with E-state index in [0.717, 1.165) is 26.1 Å². The third kappa shape index (κ3) is 4.40. The second-order valence-electron chi connectivity index (χ2n) is 7.83. The predicted molar refractivity (Wildman–Crippen MR) is 114 cm³/mol. The molecule has 1 saturated heterocycles. The van der Waals surface area contributed by atoms with Crippen LogP contribution in [-0.2, 0) is 11.3 Å². The molecule has 1 N–H and O–H groups in total. The van der Waals surface area contributed by atoms with Crippen LogP contribution in [0.15, 0.2) is 54.7 Å². The number of carbonyl (C=O) groups excluding carboxylic acids is 1. The molecule has 1 atom stereocenters. The minimum absolute atomic E-state index is 0.294. The molecule has 150 valence electrons. The minimum atomic E-state index is -0.294. The van der Waals surface area contributed by atoms with Crippen LogP contribution in [0.5, 0.6) is 0 Å². The van der Waals surface area contributed by atoms with E-state index in [4.69, 9.17) is 4.74 Å². The Balaban J connectivity index is 1.47. The van der Waals surface area contributed by atoms with Crippen molar-refractivity contribution in [1.82, 2.24) is 15.1 Å². The number of H-pyrrole nitrogens is 1. The van der Waals surface area contributed by atoms with Gasteiger partial charge in [-0.15, -0.1) is 0 Å². The Labute approximate surface area is 171 Å². The number of hydrogen-bond acceptors (Lipinski definition) is 4. The number of carbonyl (C=O) groups is 1. The lowest BCUT2D eigenvalue weighted by atomic mass is 9.90. The van der Waals surface area contributed by atoms with Gasteiger partial charge in [-0.25, -0.2) is 4.79 Å². The first-order valence-electron chi connectivity index (χ1n) is 10.1. The number of aryl methyl sites for hydroxylation is 1. The largest absolute Gasteiger partial charge is 0.465 e. The maximum Gasteiger partial charge on any atom is 0.337 e. The Bertz CT molecular complexity index is 978. The van der Waals surface area contributed by atoms with Gasteiger partial charge in [0.2, 0.25) is 0 Å². The van der Waals surface area contributed by atoms with E-state index in [0.29, 0.717) is 11.5 Å². The number of hydrogen-bond donors (Lipinski definition) is 1. The molecule has 2 aromatic carbocycles. The summed E-state index contributed by atoms with van der Waals surface area (Å²) in [7, 11) is 1.41. The van der Waals surface area contributed by atoms with Crippen molar-refractivity contribution in [3.8, 4) is 11.1 Å². The van der Waals surface area contributed by atoms with Crippen molar-refractivity contribution in [2.24, 2.45) is 0 Å². The van der Waals surface area contributed by atoms with Crippen LogP contribution in [0.3, 0.4) is 0 Å². The summed E-state index contributed by atoms with van der Waals surface area (Å²) in [4.78, 5) is 14.1. The van der Waals surface area contributed by atoms with Gasteiger partial charge >= 0.3 is 5.97 Å². The molecule has 0 amide bonds. The predicted octanol–water partition coefficient (Wildman–Crippen LogP) is 4.55. The maximum atomic E-state index is 11.6. The van der Waals surface area contributed by atoms with Crippen LogP contribution in [0.1, 0.15) is 45.9 Å². The summed E-state index contributed by atoms with van der Waals surface area (Å²) in [6.07, 6.45) is 4.28. The first kappa shape index (κ1) is 19.4. The Morgan fingerprint density at radius 2 is 2.07 bits per heavy atom. The first-order valence-corrected chi connectivity index (χ1v) is 10.1. The van der Waals surface area contributed by atoms with Crippen LogP contribution in [0.25, 0.3) is 11.1 Å². The number of benzene rings is 2. The Morgan fingerprint density at radius 1 is 1.24 bits per heavy atom. The highest BCUT2D eigenvalue weighted by atomic mass is 16.5. The Morgan fingerprint density at radius 3 is 2.83 bits per heavy atom. The van der Waals surface area contributed by atoms with Gasteiger partial charge < -0.3 is 4.74 Å². The number of rotatable bonds is 5. The van der Waals surface area contributed by atoms with Crippen molar-refractivity contribution in [2.45, 2.75) is 32.2 Å². The number of likely N-dealkylation sites (tertiary alicyclic amines) is 1. The first-order chi connectivity index (χ1) is 14.1. The highest BCUT2D eigenvalue weighted by Gasteiger charge is 2.25. The van der Waals surface area contributed by atoms with E-state index >= 15 is 0 Å². The van der Waals surface area contributed by atoms with Crippen LogP contribution in [0.4, 0.5) is 0 Å². The molecular weight excluding hydrogens is 362 g/mol. The van der Waals surface area contributed by atoms with Crippen LogP contribution < -0.4 is 0 Å². The molecule has 5 nitrogen and oxygen atoms in total. The summed E-state index contributed by atoms with van der Waals surface area (Å²) >= 11 is 0. The highest BCUT2D eigenvalue weighted by Crippen LogP contribution is 2.33. The summed E-state index contributed by atoms with van der Waals surface area (Å²) < 4.78 is 4.78. The van der Waals surface area contributed by atoms with Crippen molar-refractivity contribution < 1.29 is 9.53 Å². The van der Waals surface area contributed by atoms with Gasteiger partial charge in [-0.1, -0.05) is 42.0 Å². The normalized spacial score (nSPS) is 17.2. The van der Waals surface area contributed by atoms with Crippen molar-refractivity contribution in [1.29, 1.82) is 0 Å². The molecule has 1 fully saturated rings. The van der Waals surface area contributed by atoms with E-state index in [-0.39, 0.29) is 5.97 Å². The fourth-order valence-corrected chi connectivity index (χ4v) is 4.21. The van der Waals surface area contributed by atoms with Gasteiger partial charge in [0.05, 0.1) is 18.9 Å². The lowest BCUT2D eigenvalue weighted by molar-refractivity contribution is 0.0600. The van der Waals surface area contributed by atoms with E-state index < -0.39 is 0 Å². The molecule has 4 rings (SSSR count). The average Bonchev–Trinajstić information content (AvgIpc) is 3.24. The lowest BCUT2D eigenvalue weighted by Gasteiger charge is -2.32. The molecule has 0 spiro atoms. The SMILES string of the molecule is COC(=O)c1ccc(CN2CCCC(c3[nH]ncc3-c3cccc(C)c3)C2)cc1. The summed E-state index contributed by atoms with van der Waals surface area (Å²) in [6.45, 7) is 5.09. The average molecular weight is 389 g/mol. The topological polar surface area (TPSA) is 58.2 Å². The van der Waals surface area contributed by atoms with Crippen LogP contribution in [0, 0.1) is 6.92 Å². The van der Waals surface area contributed by atoms with Crippen LogP contribution >= 0.6 is 0 Å². The van der Waals surface area contributed by atoms with E-state index in [2.05, 4.69) is 46.3 Å². The van der Waals surface area contributed by atoms with Crippen molar-refractivity contribution in [3.63, 3.8) is 0 Å². The smallest absolute Gasteiger partial charge is 0.337 e. The zero-order chi connectivity index (χ0) is 20.2. The molecule has 2 heterocycles. The van der Waals surface area contributed by atoms with Gasteiger partial charge in [-0.2, -0.15) is 5.10 Å². The van der Waals surface area contributed by atoms with Gasteiger partial charge in [0.25, 0.3) is 0 Å². The quantitative estimate of drug-likeness (QED) is 0.651. The second-order valence-corrected chi connectivity index (χ2v) is 7.83. The minimum Gasteiger partial charge on any atom is -0.465 e. The molecule has 29 heavy (non-hydrogen) atoms. The highest BCUT2D eigenvalue weighted by molar-refractivity contribution is 5.89. The molecule has 3 aromatic rings. The number of piperidine rings is 1. The molecular formula is C24H27N3O2. The van der Waals surface area contributed by atoms with Crippen LogP contribution in [-0.4, -0.2) is 41.3 Å². The van der Waals surface area contributed by atoms with Gasteiger partial charge in [-0.3, -0.25) is 10.00 Å². The molecule has 5 heteroatoms. The summed E-state index contributed by atoms with van der Waals surface area (Å²) in [5, 5.41) is 7.64. The summed E-state index contributed by atoms with van der Waals surface area (Å²) in [6, 6.07) is 16.3. The number of aromatic amines is 1. The fourth-order valence-electron chi connectivity index (χ4n) is 4.21. The van der Waals surface area contributed by atoms with E-state index in [9.17, 15) is 4.79 Å². The molecule has 0 radical (unpaired) electrons. The van der Waals surface area contributed by atoms with Gasteiger partial charge in [-0.05, 0) is 49.6 Å². The number of esters is 1. The fraction of sp³-hybridized carbons (Fsp3) is 0.333. The molecule has 1 aromatic heterocycles. The number of ether oxygens (including phenoxy) is 1. The molecule has 1 aliphatic rings. The molecule has 0 saturated carbocycles. The van der Waals surface area contributed by atoms with Gasteiger partial charge in [0.1, 0.15) is 0 Å². The maximum absolute atomic E-state index is 11.6. The van der Waals surface area contributed by atoms with Crippen molar-refractivity contribution >= 4 is 5.97 Å². The van der Waals surface area contributed by atoms with E-state index in [1.165, 1.54) is 41.5 Å². The number of aromatic nitrogens is 2. The monoisotopic (exact) mass is 389 g/mol. The third-order valence-electron chi connectivity index (χ3n) is 5.69. The summed E-state index contributed by atoms with van der Waals surface area (Å²) in [5.74, 6) is 0.147. The zero-order valence-corrected chi connectivity index (χ0v) is 17.0. The van der Waals surface area contributed by atoms with Gasteiger partial charge in [0.15, 0.2) is 0 Å². The van der Waals surface area contributed by atoms with Crippen molar-refractivity contribution in [3.05, 3.63) is 77.1 Å².